The molecule has 0 radical (unpaired) electrons. The summed E-state index contributed by atoms with van der Waals surface area (Å²) in [5, 5.41) is 0. The van der Waals surface area contributed by atoms with Crippen molar-refractivity contribution in [3.63, 3.8) is 0 Å². The van der Waals surface area contributed by atoms with Gasteiger partial charge in [-0.3, -0.25) is 4.98 Å². The molecule has 1 heterocycles. The summed E-state index contributed by atoms with van der Waals surface area (Å²) in [6, 6.07) is 4.36. The fourth-order valence-electron chi connectivity index (χ4n) is 1.39. The Labute approximate surface area is 93.9 Å². The molecule has 1 rings (SSSR count). The van der Waals surface area contributed by atoms with Crippen molar-refractivity contribution in [2.45, 2.75) is 53.4 Å². The maximum absolute atomic E-state index is 4.59. The third-order valence-corrected chi connectivity index (χ3v) is 3.75. The van der Waals surface area contributed by atoms with Crippen molar-refractivity contribution in [2.75, 3.05) is 0 Å². The lowest BCUT2D eigenvalue weighted by Gasteiger charge is -2.38. The predicted molar refractivity (Wildman–Crippen MR) is 66.1 cm³/mol. The summed E-state index contributed by atoms with van der Waals surface area (Å²) >= 11 is 0. The average Bonchev–Trinajstić information content (AvgIpc) is 2.16. The molecule has 1 aromatic rings. The van der Waals surface area contributed by atoms with Gasteiger partial charge in [-0.1, -0.05) is 47.6 Å². The first-order valence-electron chi connectivity index (χ1n) is 5.74. The van der Waals surface area contributed by atoms with Gasteiger partial charge in [0.15, 0.2) is 0 Å². The lowest BCUT2D eigenvalue weighted by molar-refractivity contribution is 0.219. The number of hydrogen-bond acceptors (Lipinski definition) is 1. The van der Waals surface area contributed by atoms with Crippen LogP contribution < -0.4 is 0 Å². The zero-order valence-electron chi connectivity index (χ0n) is 10.9. The Bertz CT molecular complexity index is 314. The fraction of sp³-hybridized carbons (Fsp3) is 0.643. The molecule has 0 aliphatic rings. The van der Waals surface area contributed by atoms with Crippen LogP contribution in [0.2, 0.25) is 0 Å². The fourth-order valence-corrected chi connectivity index (χ4v) is 1.39. The quantitative estimate of drug-likeness (QED) is 0.712. The van der Waals surface area contributed by atoms with Gasteiger partial charge in [-0.15, -0.1) is 0 Å². The lowest BCUT2D eigenvalue weighted by atomic mass is 9.67. The number of nitrogens with zero attached hydrogens (tertiary/aromatic N) is 1. The van der Waals surface area contributed by atoms with Crippen LogP contribution in [-0.2, 0) is 11.8 Å². The van der Waals surface area contributed by atoms with Crippen molar-refractivity contribution in [1.29, 1.82) is 0 Å². The van der Waals surface area contributed by atoms with Gasteiger partial charge < -0.3 is 0 Å². The number of aryl methyl sites for hydroxylation is 1. The molecular formula is C14H23N. The maximum atomic E-state index is 4.59. The van der Waals surface area contributed by atoms with E-state index in [1.165, 1.54) is 11.3 Å². The molecule has 0 saturated heterocycles. The second-order valence-corrected chi connectivity index (χ2v) is 5.78. The van der Waals surface area contributed by atoms with Crippen molar-refractivity contribution in [2.24, 2.45) is 5.41 Å². The number of pyridine rings is 1. The SMILES string of the molecule is CCc1ccc(C(C)(C)C(C)(C)C)nc1. The van der Waals surface area contributed by atoms with Crippen LogP contribution in [0.1, 0.15) is 52.8 Å². The molecule has 0 aliphatic heterocycles. The highest BCUT2D eigenvalue weighted by Crippen LogP contribution is 2.39. The van der Waals surface area contributed by atoms with Crippen LogP contribution in [0.25, 0.3) is 0 Å². The molecule has 1 heteroatoms. The zero-order chi connectivity index (χ0) is 11.7. The summed E-state index contributed by atoms with van der Waals surface area (Å²) in [5.41, 5.74) is 2.84. The van der Waals surface area contributed by atoms with Crippen LogP contribution in [-0.4, -0.2) is 4.98 Å². The van der Waals surface area contributed by atoms with Crippen molar-refractivity contribution in [3.05, 3.63) is 29.6 Å². The monoisotopic (exact) mass is 205 g/mol. The van der Waals surface area contributed by atoms with Gasteiger partial charge in [0.1, 0.15) is 0 Å². The Hall–Kier alpha value is -0.850. The summed E-state index contributed by atoms with van der Waals surface area (Å²) in [6.07, 6.45) is 3.06. The molecule has 84 valence electrons. The van der Waals surface area contributed by atoms with Crippen LogP contribution in [0.3, 0.4) is 0 Å². The van der Waals surface area contributed by atoms with Crippen molar-refractivity contribution >= 4 is 0 Å². The second-order valence-electron chi connectivity index (χ2n) is 5.78. The molecule has 0 amide bonds. The lowest BCUT2D eigenvalue weighted by Crippen LogP contribution is -2.34. The largest absolute Gasteiger partial charge is 0.260 e. The second kappa shape index (κ2) is 3.96. The van der Waals surface area contributed by atoms with E-state index in [0.717, 1.165) is 6.42 Å². The number of rotatable bonds is 2. The van der Waals surface area contributed by atoms with Crippen molar-refractivity contribution in [1.82, 2.24) is 4.98 Å². The smallest absolute Gasteiger partial charge is 0.0465 e. The molecule has 0 bridgehead atoms. The molecule has 0 unspecified atom stereocenters. The van der Waals surface area contributed by atoms with E-state index in [9.17, 15) is 0 Å². The van der Waals surface area contributed by atoms with Crippen molar-refractivity contribution in [3.8, 4) is 0 Å². The molecule has 0 fully saturated rings. The molecule has 0 N–H and O–H groups in total. The van der Waals surface area contributed by atoms with Crippen LogP contribution >= 0.6 is 0 Å². The topological polar surface area (TPSA) is 12.9 Å². The van der Waals surface area contributed by atoms with Crippen LogP contribution in [0.5, 0.6) is 0 Å². The minimum atomic E-state index is 0.110. The van der Waals surface area contributed by atoms with Gasteiger partial charge in [0.2, 0.25) is 0 Å². The Morgan fingerprint density at radius 2 is 1.67 bits per heavy atom. The summed E-state index contributed by atoms with van der Waals surface area (Å²) in [5.74, 6) is 0. The van der Waals surface area contributed by atoms with E-state index in [1.54, 1.807) is 0 Å². The Kier molecular flexibility index (Phi) is 3.22. The Morgan fingerprint density at radius 3 is 2.00 bits per heavy atom. The van der Waals surface area contributed by atoms with Gasteiger partial charge in [-0.2, -0.15) is 0 Å². The number of hydrogen-bond donors (Lipinski definition) is 0. The van der Waals surface area contributed by atoms with Crippen LogP contribution in [0.15, 0.2) is 18.3 Å². The van der Waals surface area contributed by atoms with E-state index in [4.69, 9.17) is 0 Å². The third kappa shape index (κ3) is 2.39. The maximum Gasteiger partial charge on any atom is 0.0465 e. The molecule has 0 aromatic carbocycles. The van der Waals surface area contributed by atoms with Gasteiger partial charge in [0, 0.05) is 17.3 Å². The highest BCUT2D eigenvalue weighted by atomic mass is 14.7. The minimum absolute atomic E-state index is 0.110. The molecule has 15 heavy (non-hydrogen) atoms. The first-order valence-corrected chi connectivity index (χ1v) is 5.74. The standard InChI is InChI=1S/C14H23N/c1-7-11-8-9-12(15-10-11)14(5,6)13(2,3)4/h8-10H,7H2,1-6H3. The normalized spacial score (nSPS) is 12.9. The first-order chi connectivity index (χ1) is 6.79. The van der Waals surface area contributed by atoms with Gasteiger partial charge in [-0.25, -0.2) is 0 Å². The van der Waals surface area contributed by atoms with E-state index in [2.05, 4.69) is 58.7 Å². The van der Waals surface area contributed by atoms with Gasteiger partial charge in [-0.05, 0) is 23.5 Å². The van der Waals surface area contributed by atoms with Crippen molar-refractivity contribution < 1.29 is 0 Å². The third-order valence-electron chi connectivity index (χ3n) is 3.75. The Morgan fingerprint density at radius 1 is 1.07 bits per heavy atom. The molecule has 0 aliphatic carbocycles. The van der Waals surface area contributed by atoms with Gasteiger partial charge in [0.25, 0.3) is 0 Å². The van der Waals surface area contributed by atoms with E-state index >= 15 is 0 Å². The summed E-state index contributed by atoms with van der Waals surface area (Å²) in [7, 11) is 0. The molecule has 0 saturated carbocycles. The first kappa shape index (κ1) is 12.2. The van der Waals surface area contributed by atoms with Gasteiger partial charge >= 0.3 is 0 Å². The summed E-state index contributed by atoms with van der Waals surface area (Å²) in [6.45, 7) is 13.5. The summed E-state index contributed by atoms with van der Waals surface area (Å²) in [4.78, 5) is 4.59. The molecule has 0 atom stereocenters. The predicted octanol–water partition coefficient (Wildman–Crippen LogP) is 3.97. The highest BCUT2D eigenvalue weighted by molar-refractivity contribution is 5.21. The van der Waals surface area contributed by atoms with E-state index < -0.39 is 0 Å². The minimum Gasteiger partial charge on any atom is -0.260 e. The molecule has 0 spiro atoms. The summed E-state index contributed by atoms with van der Waals surface area (Å²) < 4.78 is 0. The van der Waals surface area contributed by atoms with Crippen LogP contribution in [0, 0.1) is 5.41 Å². The number of aromatic nitrogens is 1. The van der Waals surface area contributed by atoms with E-state index in [1.807, 2.05) is 6.20 Å². The highest BCUT2D eigenvalue weighted by Gasteiger charge is 2.35. The van der Waals surface area contributed by atoms with Gasteiger partial charge in [0.05, 0.1) is 0 Å². The molecule has 1 nitrogen and oxygen atoms in total. The molecule has 1 aromatic heterocycles. The Balaban J connectivity index is 3.06. The van der Waals surface area contributed by atoms with E-state index in [-0.39, 0.29) is 10.8 Å². The van der Waals surface area contributed by atoms with E-state index in [0.29, 0.717) is 0 Å². The zero-order valence-corrected chi connectivity index (χ0v) is 10.9. The average molecular weight is 205 g/mol. The van der Waals surface area contributed by atoms with Crippen LogP contribution in [0.4, 0.5) is 0 Å². The molecular weight excluding hydrogens is 182 g/mol.